The number of rotatable bonds is 6. The molecule has 2 bridgehead atoms. The fourth-order valence-corrected chi connectivity index (χ4v) is 11.0. The van der Waals surface area contributed by atoms with E-state index in [2.05, 4.69) is 43.2 Å². The Hall–Kier alpha value is -2.96. The molecule has 3 fully saturated rings. The van der Waals surface area contributed by atoms with E-state index in [0.717, 1.165) is 88.1 Å². The summed E-state index contributed by atoms with van der Waals surface area (Å²) in [6.45, 7) is 8.70. The van der Waals surface area contributed by atoms with Crippen molar-refractivity contribution >= 4 is 39.0 Å². The van der Waals surface area contributed by atoms with Crippen molar-refractivity contribution in [2.75, 3.05) is 69.8 Å². The molecule has 2 aromatic rings. The van der Waals surface area contributed by atoms with Crippen LogP contribution >= 0.6 is 11.6 Å². The fourth-order valence-electron chi connectivity index (χ4n) is 9.09. The van der Waals surface area contributed by atoms with Crippen LogP contribution in [0.15, 0.2) is 52.9 Å². The number of amides is 2. The topological polar surface area (TPSA) is 110 Å². The van der Waals surface area contributed by atoms with Crippen molar-refractivity contribution in [2.45, 2.75) is 63.4 Å². The first-order valence-corrected chi connectivity index (χ1v) is 20.8. The highest BCUT2D eigenvalue weighted by atomic mass is 35.5. The lowest BCUT2D eigenvalue weighted by Gasteiger charge is -2.41. The van der Waals surface area contributed by atoms with Crippen LogP contribution in [0.4, 0.5) is 5.69 Å². The Morgan fingerprint density at radius 1 is 1.16 bits per heavy atom. The van der Waals surface area contributed by atoms with Gasteiger partial charge < -0.3 is 19.1 Å². The molecule has 3 aliphatic carbocycles. The van der Waals surface area contributed by atoms with Gasteiger partial charge in [-0.15, -0.1) is 4.36 Å². The smallest absolute Gasteiger partial charge is 0.286 e. The largest absolute Gasteiger partial charge is 0.490 e. The van der Waals surface area contributed by atoms with Crippen LogP contribution in [0.1, 0.15) is 66.9 Å². The standard InChI is InChI=1S/C39H49ClN4O6S/c1-2-35(45)41-51(47)20-5-3-4-8-34(49-19-16-43-14-17-48-18-15-43)36-31-23-39(31,36)25-44-24-38(13-6-7-27-21-29(40)10-11-30(27)38)26-50-33-12-9-28(22-32(33)44)37(46)42-51/h4,8-12,21-22,31,34,36H,2-3,5-7,13-20,23-26H2,1H3,(H,41,42,45,46,47)/b8-4+/t31?,34-,36-,38-,39-,51?/m0/s1. The Morgan fingerprint density at radius 2 is 2.02 bits per heavy atom. The Kier molecular flexibility index (Phi) is 9.71. The van der Waals surface area contributed by atoms with Crippen LogP contribution in [0, 0.1) is 17.3 Å². The molecule has 0 radical (unpaired) electrons. The van der Waals surface area contributed by atoms with Crippen LogP contribution in [0.5, 0.6) is 5.75 Å². The molecule has 274 valence electrons. The maximum Gasteiger partial charge on any atom is 0.286 e. The zero-order valence-electron chi connectivity index (χ0n) is 29.4. The van der Waals surface area contributed by atoms with Gasteiger partial charge in [-0.3, -0.25) is 19.2 Å². The van der Waals surface area contributed by atoms with Crippen LogP contribution in [-0.2, 0) is 36.0 Å². The third-order valence-corrected chi connectivity index (χ3v) is 14.1. The van der Waals surface area contributed by atoms with E-state index in [1.807, 2.05) is 18.2 Å². The van der Waals surface area contributed by atoms with Gasteiger partial charge in [-0.05, 0) is 97.2 Å². The summed E-state index contributed by atoms with van der Waals surface area (Å²) in [6, 6.07) is 11.7. The molecule has 1 N–H and O–H groups in total. The second-order valence-corrected chi connectivity index (χ2v) is 17.8. The number of aryl methyl sites for hydroxylation is 1. The van der Waals surface area contributed by atoms with Crippen molar-refractivity contribution in [3.63, 3.8) is 0 Å². The number of carbonyl (C=O) groups excluding carboxylic acids is 2. The van der Waals surface area contributed by atoms with Gasteiger partial charge in [0.15, 0.2) is 0 Å². The van der Waals surface area contributed by atoms with Gasteiger partial charge in [0.1, 0.15) is 15.7 Å². The molecule has 10 nitrogen and oxygen atoms in total. The molecule has 2 amide bonds. The minimum absolute atomic E-state index is 0.0198. The highest BCUT2D eigenvalue weighted by Crippen LogP contribution is 2.81. The summed E-state index contributed by atoms with van der Waals surface area (Å²) in [5.41, 5.74) is 3.65. The van der Waals surface area contributed by atoms with E-state index in [1.54, 1.807) is 13.0 Å². The van der Waals surface area contributed by atoms with E-state index in [9.17, 15) is 13.8 Å². The molecule has 1 saturated heterocycles. The van der Waals surface area contributed by atoms with Crippen molar-refractivity contribution in [3.8, 4) is 5.75 Å². The zero-order valence-corrected chi connectivity index (χ0v) is 31.0. The maximum absolute atomic E-state index is 14.0. The molecule has 0 aromatic heterocycles. The molecule has 12 heteroatoms. The van der Waals surface area contributed by atoms with Gasteiger partial charge >= 0.3 is 0 Å². The third-order valence-electron chi connectivity index (χ3n) is 12.1. The first-order chi connectivity index (χ1) is 24.7. The van der Waals surface area contributed by atoms with Crippen LogP contribution in [-0.4, -0.2) is 91.9 Å². The van der Waals surface area contributed by atoms with E-state index in [0.29, 0.717) is 43.5 Å². The Balaban J connectivity index is 1.15. The number of carbonyl (C=O) groups is 2. The van der Waals surface area contributed by atoms with E-state index >= 15 is 0 Å². The number of morpholine rings is 1. The molecular formula is C39H49ClN4O6S. The zero-order chi connectivity index (χ0) is 35.2. The molecule has 8 rings (SSSR count). The lowest BCUT2D eigenvalue weighted by molar-refractivity contribution is -0.118. The third kappa shape index (κ3) is 7.09. The average Bonchev–Trinajstić information content (AvgIpc) is 4.01. The Labute approximate surface area is 306 Å². The summed E-state index contributed by atoms with van der Waals surface area (Å²) < 4.78 is 39.7. The van der Waals surface area contributed by atoms with Crippen molar-refractivity contribution in [1.82, 2.24) is 9.62 Å². The summed E-state index contributed by atoms with van der Waals surface area (Å²) >= 11 is 6.48. The molecule has 2 unspecified atom stereocenters. The van der Waals surface area contributed by atoms with Crippen LogP contribution in [0.25, 0.3) is 0 Å². The van der Waals surface area contributed by atoms with Gasteiger partial charge in [-0.1, -0.05) is 36.7 Å². The monoisotopic (exact) mass is 736 g/mol. The molecule has 6 aliphatic rings. The Bertz CT molecular complexity index is 1840. The number of benzene rings is 2. The molecule has 3 aliphatic heterocycles. The van der Waals surface area contributed by atoms with Crippen molar-refractivity contribution in [3.05, 3.63) is 70.3 Å². The number of ether oxygens (including phenoxy) is 3. The van der Waals surface area contributed by atoms with E-state index in [-0.39, 0.29) is 29.1 Å². The predicted octanol–water partition coefficient (Wildman–Crippen LogP) is 5.57. The summed E-state index contributed by atoms with van der Waals surface area (Å²) in [5, 5.41) is 0.750. The number of hydrogen-bond acceptors (Lipinski definition) is 8. The summed E-state index contributed by atoms with van der Waals surface area (Å²) in [4.78, 5) is 31.1. The van der Waals surface area contributed by atoms with Gasteiger partial charge in [0, 0.05) is 55.1 Å². The van der Waals surface area contributed by atoms with Crippen LogP contribution < -0.4 is 14.4 Å². The molecule has 2 spiro atoms. The van der Waals surface area contributed by atoms with Gasteiger partial charge in [0.25, 0.3) is 5.91 Å². The number of halogens is 1. The van der Waals surface area contributed by atoms with Crippen molar-refractivity contribution in [1.29, 1.82) is 0 Å². The molecular weight excluding hydrogens is 688 g/mol. The SMILES string of the molecule is CCC(=O)NS1(=O)=NC(=O)c2ccc3c(c2)N(C[C@@]2(CCCc4cc(Cl)ccc42)CO3)C[C@@]23CC2[C@H]3[C@@H](OCCN2CCOCC2)/C=C/CCC1. The van der Waals surface area contributed by atoms with E-state index in [4.69, 9.17) is 25.8 Å². The summed E-state index contributed by atoms with van der Waals surface area (Å²) in [6.07, 6.45) is 9.80. The minimum atomic E-state index is -3.33. The Morgan fingerprint density at radius 3 is 2.84 bits per heavy atom. The number of nitrogens with one attached hydrogen (secondary N) is 1. The molecule has 2 aromatic carbocycles. The molecule has 6 atom stereocenters. The van der Waals surface area contributed by atoms with Crippen LogP contribution in [0.3, 0.4) is 0 Å². The number of fused-ring (bicyclic) bond motifs is 4. The number of anilines is 1. The lowest BCUT2D eigenvalue weighted by Crippen LogP contribution is -2.47. The van der Waals surface area contributed by atoms with Gasteiger partial charge in [-0.25, -0.2) is 4.21 Å². The van der Waals surface area contributed by atoms with Gasteiger partial charge in [0.2, 0.25) is 5.91 Å². The van der Waals surface area contributed by atoms with Gasteiger partial charge in [0.05, 0.1) is 44.0 Å². The first kappa shape index (κ1) is 35.1. The second-order valence-electron chi connectivity index (χ2n) is 15.3. The highest BCUT2D eigenvalue weighted by molar-refractivity contribution is 7.92. The van der Waals surface area contributed by atoms with Crippen LogP contribution in [0.2, 0.25) is 5.02 Å². The highest BCUT2D eigenvalue weighted by Gasteiger charge is 2.80. The van der Waals surface area contributed by atoms with Gasteiger partial charge in [-0.2, -0.15) is 0 Å². The summed E-state index contributed by atoms with van der Waals surface area (Å²) in [5.74, 6) is 0.803. The quantitative estimate of drug-likeness (QED) is 0.384. The number of allylic oxidation sites excluding steroid dienone is 1. The second kappa shape index (κ2) is 14.1. The maximum atomic E-state index is 14.0. The van der Waals surface area contributed by atoms with Crippen molar-refractivity contribution < 1.29 is 28.0 Å². The summed E-state index contributed by atoms with van der Waals surface area (Å²) in [7, 11) is -3.33. The molecule has 51 heavy (non-hydrogen) atoms. The van der Waals surface area contributed by atoms with Crippen molar-refractivity contribution in [2.24, 2.45) is 21.6 Å². The fraction of sp³-hybridized carbons (Fsp3) is 0.590. The average molecular weight is 737 g/mol. The van der Waals surface area contributed by atoms with E-state index in [1.165, 1.54) is 11.1 Å². The number of nitrogens with zero attached hydrogens (tertiary/aromatic N) is 3. The molecule has 3 heterocycles. The normalized spacial score (nSPS) is 33.8. The number of hydrogen-bond donors (Lipinski definition) is 1. The van der Waals surface area contributed by atoms with E-state index < -0.39 is 21.7 Å². The first-order valence-electron chi connectivity index (χ1n) is 18.7. The molecule has 2 saturated carbocycles. The predicted molar refractivity (Wildman–Crippen MR) is 198 cm³/mol. The lowest BCUT2D eigenvalue weighted by atomic mass is 9.70. The minimum Gasteiger partial charge on any atom is -0.490 e.